The molecule has 2 N–H and O–H groups in total. The number of ether oxygens (including phenoxy) is 1. The Kier molecular flexibility index (Phi) is 6.34. The fraction of sp³-hybridized carbons (Fsp3) is 0.593. The molecule has 1 aromatic heterocycles. The lowest BCUT2D eigenvalue weighted by atomic mass is 9.71. The van der Waals surface area contributed by atoms with Crippen LogP contribution in [0, 0.1) is 12.8 Å². The number of piperidine rings is 1. The van der Waals surface area contributed by atoms with Gasteiger partial charge in [-0.15, -0.1) is 0 Å². The summed E-state index contributed by atoms with van der Waals surface area (Å²) in [4.78, 5) is 39.7. The van der Waals surface area contributed by atoms with Crippen LogP contribution in [0.3, 0.4) is 0 Å². The number of aryl methyl sites for hydroxylation is 2. The zero-order valence-electron chi connectivity index (χ0n) is 20.5. The number of rotatable bonds is 5. The maximum atomic E-state index is 12.8. The zero-order chi connectivity index (χ0) is 24.7. The molecule has 1 saturated heterocycles. The van der Waals surface area contributed by atoms with E-state index in [1.54, 1.807) is 11.8 Å². The summed E-state index contributed by atoms with van der Waals surface area (Å²) < 4.78 is 11.6. The monoisotopic (exact) mass is 482 g/mol. The molecule has 188 valence electrons. The van der Waals surface area contributed by atoms with Crippen molar-refractivity contribution in [1.82, 2.24) is 10.2 Å². The van der Waals surface area contributed by atoms with Crippen molar-refractivity contribution in [3.8, 4) is 5.75 Å². The predicted molar refractivity (Wildman–Crippen MR) is 130 cm³/mol. The Labute approximate surface area is 204 Å². The molecule has 0 bridgehead atoms. The standard InChI is InChI=1S/C27H34N2O6/c1-16-12-21(24-19-7-5-8-20(19)26(32)35-22(24)13-16)34-17(2)25(31)28-14-23(30)29-11-10-27(33)9-4-3-6-18(27)15-29/h12-13,17-18,33H,3-11,14-15H2,1-2H3,(H,28,31)/t17-,18-,27+/m0/s1. The van der Waals surface area contributed by atoms with Gasteiger partial charge in [0, 0.05) is 24.6 Å². The molecule has 1 saturated carbocycles. The fourth-order valence-electron chi connectivity index (χ4n) is 6.06. The molecule has 5 rings (SSSR count). The summed E-state index contributed by atoms with van der Waals surface area (Å²) in [5.74, 6) is 0.110. The maximum Gasteiger partial charge on any atom is 0.339 e. The van der Waals surface area contributed by atoms with Crippen LogP contribution in [0.1, 0.15) is 62.1 Å². The molecule has 8 heteroatoms. The van der Waals surface area contributed by atoms with E-state index in [4.69, 9.17) is 9.15 Å². The Morgan fingerprint density at radius 1 is 1.23 bits per heavy atom. The smallest absolute Gasteiger partial charge is 0.339 e. The number of amides is 2. The quantitative estimate of drug-likeness (QED) is 0.634. The minimum absolute atomic E-state index is 0.101. The Bertz CT molecular complexity index is 1220. The minimum atomic E-state index is -0.832. The van der Waals surface area contributed by atoms with Crippen molar-refractivity contribution in [2.45, 2.75) is 76.9 Å². The molecule has 2 fully saturated rings. The van der Waals surface area contributed by atoms with Crippen LogP contribution in [0.2, 0.25) is 0 Å². The van der Waals surface area contributed by atoms with Gasteiger partial charge < -0.3 is 24.5 Å². The number of nitrogens with zero attached hydrogens (tertiary/aromatic N) is 1. The first-order chi connectivity index (χ1) is 16.7. The zero-order valence-corrected chi connectivity index (χ0v) is 20.5. The van der Waals surface area contributed by atoms with Crippen LogP contribution in [0.25, 0.3) is 11.0 Å². The second kappa shape index (κ2) is 9.30. The normalized spacial score (nSPS) is 24.5. The number of carbonyl (C=O) groups is 2. The van der Waals surface area contributed by atoms with Crippen LogP contribution in [0.15, 0.2) is 21.3 Å². The SMILES string of the molecule is Cc1cc(O[C@@H](C)C(=O)NCC(=O)N2CC[C@]3(O)CCCC[C@H]3C2)c2c3c(c(=O)oc2c1)CCC3. The van der Waals surface area contributed by atoms with Crippen molar-refractivity contribution in [3.63, 3.8) is 0 Å². The van der Waals surface area contributed by atoms with Gasteiger partial charge in [-0.05, 0) is 75.6 Å². The molecule has 0 radical (unpaired) electrons. The average molecular weight is 483 g/mol. The van der Waals surface area contributed by atoms with Gasteiger partial charge in [-0.1, -0.05) is 12.8 Å². The van der Waals surface area contributed by atoms with Crippen molar-refractivity contribution in [2.75, 3.05) is 19.6 Å². The van der Waals surface area contributed by atoms with Gasteiger partial charge in [0.05, 0.1) is 17.5 Å². The maximum absolute atomic E-state index is 12.8. The number of hydrogen-bond donors (Lipinski definition) is 2. The number of fused-ring (bicyclic) bond motifs is 4. The molecule has 2 aromatic rings. The summed E-state index contributed by atoms with van der Waals surface area (Å²) in [6, 6.07) is 3.67. The molecule has 2 amide bonds. The Balaban J connectivity index is 1.24. The van der Waals surface area contributed by atoms with Gasteiger partial charge in [0.2, 0.25) is 5.91 Å². The van der Waals surface area contributed by atoms with Crippen LogP contribution in [0.5, 0.6) is 5.75 Å². The van der Waals surface area contributed by atoms with Gasteiger partial charge in [0.25, 0.3) is 5.91 Å². The lowest BCUT2D eigenvalue weighted by Gasteiger charge is -2.47. The summed E-state index contributed by atoms with van der Waals surface area (Å²) in [7, 11) is 0. The van der Waals surface area contributed by atoms with Gasteiger partial charge in [-0.25, -0.2) is 4.79 Å². The number of benzene rings is 1. The Hall–Kier alpha value is -2.87. The van der Waals surface area contributed by atoms with Crippen LogP contribution in [-0.4, -0.2) is 53.2 Å². The summed E-state index contributed by atoms with van der Waals surface area (Å²) in [5.41, 5.74) is 2.04. The molecule has 1 aromatic carbocycles. The summed E-state index contributed by atoms with van der Waals surface area (Å²) in [6.07, 6.45) is 5.99. The van der Waals surface area contributed by atoms with E-state index >= 15 is 0 Å². The van der Waals surface area contributed by atoms with E-state index < -0.39 is 11.7 Å². The third-order valence-electron chi connectivity index (χ3n) is 8.05. The minimum Gasteiger partial charge on any atom is -0.480 e. The van der Waals surface area contributed by atoms with Crippen LogP contribution < -0.4 is 15.7 Å². The van der Waals surface area contributed by atoms with E-state index in [9.17, 15) is 19.5 Å². The number of aliphatic hydroxyl groups is 1. The molecular weight excluding hydrogens is 448 g/mol. The lowest BCUT2D eigenvalue weighted by molar-refractivity contribution is -0.144. The van der Waals surface area contributed by atoms with E-state index in [1.807, 2.05) is 19.1 Å². The molecule has 35 heavy (non-hydrogen) atoms. The van der Waals surface area contributed by atoms with Crippen molar-refractivity contribution in [1.29, 1.82) is 0 Å². The van der Waals surface area contributed by atoms with E-state index in [0.717, 1.165) is 55.0 Å². The first-order valence-electron chi connectivity index (χ1n) is 12.8. The van der Waals surface area contributed by atoms with Crippen molar-refractivity contribution < 1.29 is 23.8 Å². The fourth-order valence-corrected chi connectivity index (χ4v) is 6.06. The second-order valence-corrected chi connectivity index (χ2v) is 10.5. The molecule has 3 aliphatic rings. The predicted octanol–water partition coefficient (Wildman–Crippen LogP) is 2.63. The lowest BCUT2D eigenvalue weighted by Crippen LogP contribution is -2.56. The van der Waals surface area contributed by atoms with Crippen LogP contribution in [0.4, 0.5) is 0 Å². The highest BCUT2D eigenvalue weighted by Gasteiger charge is 2.43. The highest BCUT2D eigenvalue weighted by Crippen LogP contribution is 2.40. The molecule has 0 unspecified atom stereocenters. The van der Waals surface area contributed by atoms with Gasteiger partial charge in [0.1, 0.15) is 11.3 Å². The first-order valence-corrected chi connectivity index (χ1v) is 12.8. The highest BCUT2D eigenvalue weighted by molar-refractivity contribution is 5.90. The molecule has 2 aliphatic carbocycles. The molecule has 1 aliphatic heterocycles. The highest BCUT2D eigenvalue weighted by atomic mass is 16.5. The third kappa shape index (κ3) is 4.56. The molecular formula is C27H34N2O6. The number of nitrogens with one attached hydrogen (secondary N) is 1. The molecule has 3 atom stereocenters. The number of carbonyl (C=O) groups excluding carboxylic acids is 2. The van der Waals surface area contributed by atoms with Crippen molar-refractivity contribution in [3.05, 3.63) is 39.2 Å². The summed E-state index contributed by atoms with van der Waals surface area (Å²) >= 11 is 0. The van der Waals surface area contributed by atoms with E-state index in [0.29, 0.717) is 42.8 Å². The first kappa shape index (κ1) is 23.9. The number of hydrogen-bond acceptors (Lipinski definition) is 6. The number of likely N-dealkylation sites (tertiary alicyclic amines) is 1. The van der Waals surface area contributed by atoms with E-state index in [1.165, 1.54) is 0 Å². The largest absolute Gasteiger partial charge is 0.480 e. The molecule has 0 spiro atoms. The van der Waals surface area contributed by atoms with Gasteiger partial charge >= 0.3 is 5.63 Å². The third-order valence-corrected chi connectivity index (χ3v) is 8.05. The van der Waals surface area contributed by atoms with Crippen molar-refractivity contribution >= 4 is 22.8 Å². The summed E-state index contributed by atoms with van der Waals surface area (Å²) in [6.45, 7) is 4.49. The van der Waals surface area contributed by atoms with Gasteiger partial charge in [-0.3, -0.25) is 9.59 Å². The van der Waals surface area contributed by atoms with Gasteiger partial charge in [-0.2, -0.15) is 0 Å². The molecule has 8 nitrogen and oxygen atoms in total. The van der Waals surface area contributed by atoms with Crippen LogP contribution in [-0.2, 0) is 22.4 Å². The molecule has 2 heterocycles. The second-order valence-electron chi connectivity index (χ2n) is 10.5. The van der Waals surface area contributed by atoms with Crippen LogP contribution >= 0.6 is 0 Å². The van der Waals surface area contributed by atoms with E-state index in [-0.39, 0.29) is 29.9 Å². The Morgan fingerprint density at radius 3 is 2.86 bits per heavy atom. The average Bonchev–Trinajstić information content (AvgIpc) is 3.32. The summed E-state index contributed by atoms with van der Waals surface area (Å²) in [5, 5.41) is 14.3. The Morgan fingerprint density at radius 2 is 2.03 bits per heavy atom. The van der Waals surface area contributed by atoms with Crippen molar-refractivity contribution in [2.24, 2.45) is 5.92 Å². The van der Waals surface area contributed by atoms with E-state index in [2.05, 4.69) is 5.32 Å². The topological polar surface area (TPSA) is 109 Å². The van der Waals surface area contributed by atoms with Gasteiger partial charge in [0.15, 0.2) is 6.10 Å².